The minimum Gasteiger partial charge on any atom is -0.354 e. The minimum absolute atomic E-state index is 0.0604. The van der Waals surface area contributed by atoms with E-state index >= 15 is 0 Å². The molecule has 1 N–H and O–H groups in total. The number of fused-ring (bicyclic) bond motifs is 1. The molecule has 2 amide bonds. The molecule has 2 aliphatic heterocycles. The summed E-state index contributed by atoms with van der Waals surface area (Å²) in [6.07, 6.45) is 2.13. The predicted octanol–water partition coefficient (Wildman–Crippen LogP) is 6.16. The van der Waals surface area contributed by atoms with Crippen LogP contribution in [0.1, 0.15) is 29.2 Å². The Morgan fingerprint density at radius 3 is 2.36 bits per heavy atom. The first-order valence-electron chi connectivity index (χ1n) is 15.4. The van der Waals surface area contributed by atoms with E-state index < -0.39 is 10.8 Å². The Morgan fingerprint density at radius 1 is 0.956 bits per heavy atom. The van der Waals surface area contributed by atoms with Gasteiger partial charge in [-0.05, 0) is 55.9 Å². The smallest absolute Gasteiger partial charge is 0.239 e. The second-order valence-corrected chi connectivity index (χ2v) is 14.6. The van der Waals surface area contributed by atoms with Crippen molar-refractivity contribution in [3.63, 3.8) is 0 Å². The number of aromatic nitrogens is 1. The zero-order chi connectivity index (χ0) is 31.7. The number of carbonyl (C=O) groups excluding carboxylic acids is 2. The molecule has 2 saturated heterocycles. The molecule has 10 heteroatoms. The van der Waals surface area contributed by atoms with Gasteiger partial charge in [-0.15, -0.1) is 11.8 Å². The number of likely N-dealkylation sites (N-methyl/N-ethyl adjacent to an activating group) is 1. The maximum atomic E-state index is 14.7. The number of hydrogen-bond donors (Lipinski definition) is 1. The van der Waals surface area contributed by atoms with Gasteiger partial charge in [0, 0.05) is 90.5 Å². The normalized spacial score (nSPS) is 21.1. The first-order valence-corrected chi connectivity index (χ1v) is 16.9. The molecule has 3 aromatic carbocycles. The van der Waals surface area contributed by atoms with Gasteiger partial charge in [0.25, 0.3) is 0 Å². The Kier molecular flexibility index (Phi) is 9.50. The maximum Gasteiger partial charge on any atom is 0.239 e. The standard InChI is InChI=1S/C35H39Cl2N5O2S/c1-24-4-11-28(12-5-24)45-35(34(44)38-14-15-41-18-16-39(2)17-19-41)21-32(43)42(22-25-6-8-26(36)9-7-25)33(35)30-23-40(3)31-20-27(37)10-13-29(30)31/h4-13,20,23,33H,14-19,21-22H2,1-3H3,(H,38,44). The van der Waals surface area contributed by atoms with Crippen LogP contribution in [0.4, 0.5) is 0 Å². The summed E-state index contributed by atoms with van der Waals surface area (Å²) >= 11 is 14.1. The van der Waals surface area contributed by atoms with E-state index in [0.29, 0.717) is 23.1 Å². The molecular formula is C35H39Cl2N5O2S. The fraction of sp³-hybridized carbons (Fsp3) is 0.371. The molecule has 6 rings (SSSR count). The SMILES string of the molecule is Cc1ccc(SC2(C(=O)NCCN3CCN(C)CC3)CC(=O)N(Cc3ccc(Cl)cc3)C2c2cn(C)c3cc(Cl)ccc23)cc1. The number of likely N-dealkylation sites (tertiary alicyclic amines) is 1. The number of carbonyl (C=O) groups is 2. The molecule has 3 heterocycles. The Balaban J connectivity index is 1.43. The van der Waals surface area contributed by atoms with Gasteiger partial charge in [0.1, 0.15) is 4.75 Å². The first-order chi connectivity index (χ1) is 21.6. The number of amides is 2. The van der Waals surface area contributed by atoms with Crippen LogP contribution < -0.4 is 5.32 Å². The van der Waals surface area contributed by atoms with Crippen molar-refractivity contribution in [2.45, 2.75) is 35.6 Å². The van der Waals surface area contributed by atoms with E-state index in [1.165, 1.54) is 11.8 Å². The summed E-state index contributed by atoms with van der Waals surface area (Å²) in [4.78, 5) is 36.5. The van der Waals surface area contributed by atoms with Gasteiger partial charge in [0.2, 0.25) is 11.8 Å². The molecule has 2 fully saturated rings. The van der Waals surface area contributed by atoms with Crippen LogP contribution in [-0.2, 0) is 23.2 Å². The monoisotopic (exact) mass is 663 g/mol. The van der Waals surface area contributed by atoms with E-state index in [-0.39, 0.29) is 18.2 Å². The van der Waals surface area contributed by atoms with Crippen molar-refractivity contribution >= 4 is 57.7 Å². The molecule has 0 radical (unpaired) electrons. The summed E-state index contributed by atoms with van der Waals surface area (Å²) in [7, 11) is 4.12. The van der Waals surface area contributed by atoms with Crippen molar-refractivity contribution in [3.05, 3.63) is 99.7 Å². The molecule has 0 aliphatic carbocycles. The van der Waals surface area contributed by atoms with Crippen LogP contribution >= 0.6 is 35.0 Å². The van der Waals surface area contributed by atoms with Gasteiger partial charge >= 0.3 is 0 Å². The number of aryl methyl sites for hydroxylation is 2. The van der Waals surface area contributed by atoms with Gasteiger partial charge in [-0.3, -0.25) is 14.5 Å². The lowest BCUT2D eigenvalue weighted by Gasteiger charge is -2.37. The largest absolute Gasteiger partial charge is 0.354 e. The van der Waals surface area contributed by atoms with E-state index in [2.05, 4.69) is 40.5 Å². The third-order valence-corrected chi connectivity index (χ3v) is 11.0. The molecule has 7 nitrogen and oxygen atoms in total. The highest BCUT2D eigenvalue weighted by atomic mass is 35.5. The zero-order valence-corrected chi connectivity index (χ0v) is 28.3. The number of benzene rings is 3. The highest BCUT2D eigenvalue weighted by molar-refractivity contribution is 8.01. The first kappa shape index (κ1) is 32.0. The molecule has 1 aromatic heterocycles. The molecule has 236 valence electrons. The summed E-state index contributed by atoms with van der Waals surface area (Å²) in [6.45, 7) is 7.67. The van der Waals surface area contributed by atoms with Gasteiger partial charge in [-0.25, -0.2) is 0 Å². The minimum atomic E-state index is -1.12. The van der Waals surface area contributed by atoms with Gasteiger partial charge in [-0.2, -0.15) is 0 Å². The Bertz CT molecular complexity index is 1680. The fourth-order valence-electron chi connectivity index (χ4n) is 6.52. The number of thioether (sulfide) groups is 1. The number of hydrogen-bond acceptors (Lipinski definition) is 5. The van der Waals surface area contributed by atoms with E-state index in [4.69, 9.17) is 23.2 Å². The zero-order valence-electron chi connectivity index (χ0n) is 25.9. The second kappa shape index (κ2) is 13.4. The van der Waals surface area contributed by atoms with Crippen molar-refractivity contribution in [3.8, 4) is 0 Å². The molecule has 2 aliphatic rings. The Labute approximate surface area is 279 Å². The second-order valence-electron chi connectivity index (χ2n) is 12.3. The van der Waals surface area contributed by atoms with Crippen molar-refractivity contribution < 1.29 is 9.59 Å². The average Bonchev–Trinajstić information content (AvgIpc) is 3.48. The summed E-state index contributed by atoms with van der Waals surface area (Å²) in [5.41, 5.74) is 3.97. The molecule has 4 aromatic rings. The van der Waals surface area contributed by atoms with Gasteiger partial charge in [-0.1, -0.05) is 59.1 Å². The molecular weight excluding hydrogens is 625 g/mol. The van der Waals surface area contributed by atoms with Crippen molar-refractivity contribution in [1.29, 1.82) is 0 Å². The summed E-state index contributed by atoms with van der Waals surface area (Å²) in [5.74, 6) is -0.181. The molecule has 0 saturated carbocycles. The molecule has 0 spiro atoms. The van der Waals surface area contributed by atoms with Crippen LogP contribution in [-0.4, -0.2) is 82.1 Å². The third kappa shape index (κ3) is 6.76. The van der Waals surface area contributed by atoms with Crippen LogP contribution in [0.2, 0.25) is 10.0 Å². The lowest BCUT2D eigenvalue weighted by atomic mass is 9.91. The summed E-state index contributed by atoms with van der Waals surface area (Å²) in [5, 5.41) is 5.54. The lowest BCUT2D eigenvalue weighted by Crippen LogP contribution is -2.51. The molecule has 45 heavy (non-hydrogen) atoms. The maximum absolute atomic E-state index is 14.7. The van der Waals surface area contributed by atoms with Gasteiger partial charge < -0.3 is 19.7 Å². The predicted molar refractivity (Wildman–Crippen MR) is 184 cm³/mol. The van der Waals surface area contributed by atoms with E-state index in [9.17, 15) is 9.59 Å². The lowest BCUT2D eigenvalue weighted by molar-refractivity contribution is -0.129. The van der Waals surface area contributed by atoms with Crippen molar-refractivity contribution in [2.24, 2.45) is 7.05 Å². The number of halogens is 2. The van der Waals surface area contributed by atoms with Crippen molar-refractivity contribution in [1.82, 2.24) is 24.6 Å². The number of piperazine rings is 1. The van der Waals surface area contributed by atoms with Crippen LogP contribution in [0, 0.1) is 6.92 Å². The molecule has 0 bridgehead atoms. The summed E-state index contributed by atoms with van der Waals surface area (Å²) < 4.78 is 0.918. The van der Waals surface area contributed by atoms with Gasteiger partial charge in [0.05, 0.1) is 12.5 Å². The number of nitrogens with zero attached hydrogens (tertiary/aromatic N) is 4. The van der Waals surface area contributed by atoms with Crippen molar-refractivity contribution in [2.75, 3.05) is 46.3 Å². The fourth-order valence-corrected chi connectivity index (χ4v) is 8.23. The highest BCUT2D eigenvalue weighted by Crippen LogP contribution is 2.54. The van der Waals surface area contributed by atoms with E-state index in [1.54, 1.807) is 0 Å². The van der Waals surface area contributed by atoms with Crippen LogP contribution in [0.5, 0.6) is 0 Å². The molecule has 2 unspecified atom stereocenters. The number of rotatable bonds is 9. The number of nitrogens with one attached hydrogen (secondary N) is 1. The summed E-state index contributed by atoms with van der Waals surface area (Å²) in [6, 6.07) is 21.0. The van der Waals surface area contributed by atoms with Crippen LogP contribution in [0.25, 0.3) is 10.9 Å². The quantitative estimate of drug-likeness (QED) is 0.232. The Morgan fingerprint density at radius 2 is 1.64 bits per heavy atom. The molecule has 2 atom stereocenters. The van der Waals surface area contributed by atoms with E-state index in [0.717, 1.165) is 65.2 Å². The van der Waals surface area contributed by atoms with E-state index in [1.807, 2.05) is 78.0 Å². The average molecular weight is 665 g/mol. The van der Waals surface area contributed by atoms with Crippen LogP contribution in [0.15, 0.2) is 77.8 Å². The highest BCUT2D eigenvalue weighted by Gasteiger charge is 2.58. The Hall–Kier alpha value is -3.01. The van der Waals surface area contributed by atoms with Gasteiger partial charge in [0.15, 0.2) is 0 Å². The topological polar surface area (TPSA) is 60.8 Å². The van der Waals surface area contributed by atoms with Crippen LogP contribution in [0.3, 0.4) is 0 Å². The third-order valence-electron chi connectivity index (χ3n) is 9.05.